The van der Waals surface area contributed by atoms with Crippen LogP contribution in [0, 0.1) is 24.7 Å². The molecule has 0 saturated carbocycles. The summed E-state index contributed by atoms with van der Waals surface area (Å²) in [5.74, 6) is 5.33. The standard InChI is InChI=1S/C47H30N2O6/c1-5-29-9-7-11-33(25-29)48-43(50)39-23-21-37(27-41(39)45(48)52)54-35-17-13-31(14-18-35)47(3,4)32-15-19-36(20-16-32)55-38-22-24-40-42(28-38)46(53)49(44(40)51)34-12-8-10-30(6-2)26-34/h1-2,7-28H,3-4H3. The van der Waals surface area contributed by atoms with Gasteiger partial charge in [0, 0.05) is 16.5 Å². The largest absolute Gasteiger partial charge is 0.457 e. The van der Waals surface area contributed by atoms with Crippen LogP contribution < -0.4 is 19.3 Å². The van der Waals surface area contributed by atoms with Crippen molar-refractivity contribution in [2.24, 2.45) is 0 Å². The molecule has 0 bridgehead atoms. The Balaban J connectivity index is 0.937. The molecule has 8 rings (SSSR count). The number of benzene rings is 6. The van der Waals surface area contributed by atoms with Crippen molar-refractivity contribution < 1.29 is 28.7 Å². The highest BCUT2D eigenvalue weighted by Gasteiger charge is 2.38. The van der Waals surface area contributed by atoms with Gasteiger partial charge in [0.25, 0.3) is 23.6 Å². The zero-order valence-corrected chi connectivity index (χ0v) is 29.7. The zero-order valence-electron chi connectivity index (χ0n) is 29.7. The lowest BCUT2D eigenvalue weighted by Crippen LogP contribution is -2.29. The molecule has 0 spiro atoms. The Morgan fingerprint density at radius 2 is 0.818 bits per heavy atom. The highest BCUT2D eigenvalue weighted by atomic mass is 16.5. The van der Waals surface area contributed by atoms with Gasteiger partial charge in [-0.1, -0.05) is 62.1 Å². The Kier molecular flexibility index (Phi) is 8.37. The molecule has 0 unspecified atom stereocenters. The molecule has 8 heteroatoms. The second-order valence-electron chi connectivity index (χ2n) is 13.6. The molecule has 6 aromatic carbocycles. The van der Waals surface area contributed by atoms with Crippen molar-refractivity contribution in [1.82, 2.24) is 0 Å². The van der Waals surface area contributed by atoms with Gasteiger partial charge in [-0.05, 0) is 108 Å². The number of hydrogen-bond donors (Lipinski definition) is 0. The van der Waals surface area contributed by atoms with Gasteiger partial charge in [-0.3, -0.25) is 19.2 Å². The number of amides is 4. The first kappa shape index (κ1) is 34.4. The van der Waals surface area contributed by atoms with E-state index in [4.69, 9.17) is 22.3 Å². The molecule has 0 aliphatic carbocycles. The molecule has 0 saturated heterocycles. The quantitative estimate of drug-likeness (QED) is 0.115. The minimum Gasteiger partial charge on any atom is -0.457 e. The lowest BCUT2D eigenvalue weighted by atomic mass is 9.78. The Morgan fingerprint density at radius 3 is 1.20 bits per heavy atom. The summed E-state index contributed by atoms with van der Waals surface area (Å²) in [6, 6.07) is 38.6. The van der Waals surface area contributed by atoms with Gasteiger partial charge in [-0.2, -0.15) is 0 Å². The van der Waals surface area contributed by atoms with Crippen LogP contribution in [0.15, 0.2) is 133 Å². The topological polar surface area (TPSA) is 93.2 Å². The van der Waals surface area contributed by atoms with E-state index in [0.717, 1.165) is 20.9 Å². The maximum Gasteiger partial charge on any atom is 0.266 e. The molecule has 55 heavy (non-hydrogen) atoms. The fourth-order valence-corrected chi connectivity index (χ4v) is 6.82. The van der Waals surface area contributed by atoms with Crippen LogP contribution in [0.2, 0.25) is 0 Å². The van der Waals surface area contributed by atoms with Gasteiger partial charge in [0.1, 0.15) is 23.0 Å². The number of rotatable bonds is 8. The van der Waals surface area contributed by atoms with Crippen LogP contribution in [0.4, 0.5) is 11.4 Å². The number of carbonyl (C=O) groups excluding carboxylic acids is 4. The Morgan fingerprint density at radius 1 is 0.455 bits per heavy atom. The van der Waals surface area contributed by atoms with Crippen LogP contribution >= 0.6 is 0 Å². The number of ether oxygens (including phenoxy) is 2. The summed E-state index contributed by atoms with van der Waals surface area (Å²) in [5.41, 5.74) is 4.75. The summed E-state index contributed by atoms with van der Waals surface area (Å²) in [5, 5.41) is 0. The normalized spacial score (nSPS) is 13.3. The highest BCUT2D eigenvalue weighted by molar-refractivity contribution is 6.35. The third-order valence-electron chi connectivity index (χ3n) is 9.88. The molecule has 8 nitrogen and oxygen atoms in total. The lowest BCUT2D eigenvalue weighted by Gasteiger charge is -2.26. The van der Waals surface area contributed by atoms with Gasteiger partial charge in [-0.15, -0.1) is 12.8 Å². The van der Waals surface area contributed by atoms with Crippen molar-refractivity contribution in [3.8, 4) is 47.7 Å². The number of anilines is 2. The molecule has 0 fully saturated rings. The van der Waals surface area contributed by atoms with Gasteiger partial charge in [-0.25, -0.2) is 9.80 Å². The summed E-state index contributed by atoms with van der Waals surface area (Å²) < 4.78 is 12.2. The number of fused-ring (bicyclic) bond motifs is 2. The van der Waals surface area contributed by atoms with E-state index in [2.05, 4.69) is 25.7 Å². The van der Waals surface area contributed by atoms with Crippen molar-refractivity contribution in [3.05, 3.63) is 178 Å². The smallest absolute Gasteiger partial charge is 0.266 e. The number of carbonyl (C=O) groups is 4. The van der Waals surface area contributed by atoms with Crippen LogP contribution in [-0.4, -0.2) is 23.6 Å². The fourth-order valence-electron chi connectivity index (χ4n) is 6.82. The van der Waals surface area contributed by atoms with E-state index in [0.29, 0.717) is 56.6 Å². The van der Waals surface area contributed by atoms with E-state index >= 15 is 0 Å². The van der Waals surface area contributed by atoms with E-state index in [1.54, 1.807) is 84.9 Å². The Hall–Kier alpha value is -7.68. The molecule has 6 aromatic rings. The van der Waals surface area contributed by atoms with Crippen molar-refractivity contribution in [3.63, 3.8) is 0 Å². The van der Waals surface area contributed by atoms with Crippen molar-refractivity contribution >= 4 is 35.0 Å². The molecule has 264 valence electrons. The van der Waals surface area contributed by atoms with E-state index in [1.807, 2.05) is 48.5 Å². The van der Waals surface area contributed by atoms with Gasteiger partial charge >= 0.3 is 0 Å². The predicted molar refractivity (Wildman–Crippen MR) is 209 cm³/mol. The third-order valence-corrected chi connectivity index (χ3v) is 9.88. The molecular formula is C47H30N2O6. The first-order chi connectivity index (χ1) is 26.5. The average molecular weight is 719 g/mol. The first-order valence-electron chi connectivity index (χ1n) is 17.3. The average Bonchev–Trinajstić information content (AvgIpc) is 3.61. The molecule has 2 aliphatic rings. The molecule has 2 heterocycles. The third kappa shape index (κ3) is 6.08. The summed E-state index contributed by atoms with van der Waals surface area (Å²) in [4.78, 5) is 55.1. The van der Waals surface area contributed by atoms with Crippen LogP contribution in [0.5, 0.6) is 23.0 Å². The lowest BCUT2D eigenvalue weighted by molar-refractivity contribution is 0.0910. The SMILES string of the molecule is C#Cc1cccc(N2C(=O)c3ccc(Oc4ccc(C(C)(C)c5ccc(Oc6ccc7c(c6)C(=O)N(c6cccc(C#C)c6)C7=O)cc5)cc4)cc3C2=O)c1. The van der Waals surface area contributed by atoms with Crippen LogP contribution in [-0.2, 0) is 5.41 Å². The van der Waals surface area contributed by atoms with Gasteiger partial charge < -0.3 is 9.47 Å². The maximum atomic E-state index is 13.3. The van der Waals surface area contributed by atoms with E-state index in [1.165, 1.54) is 0 Å². The maximum absolute atomic E-state index is 13.3. The molecule has 0 radical (unpaired) electrons. The second-order valence-corrected chi connectivity index (χ2v) is 13.6. The van der Waals surface area contributed by atoms with Gasteiger partial charge in [0.2, 0.25) is 0 Å². The van der Waals surface area contributed by atoms with Crippen molar-refractivity contribution in [1.29, 1.82) is 0 Å². The molecule has 4 amide bonds. The number of hydrogen-bond acceptors (Lipinski definition) is 6. The van der Waals surface area contributed by atoms with Crippen LogP contribution in [0.3, 0.4) is 0 Å². The van der Waals surface area contributed by atoms with E-state index < -0.39 is 29.0 Å². The number of imide groups is 2. The Bertz CT molecular complexity index is 2490. The summed E-state index contributed by atoms with van der Waals surface area (Å²) in [6.07, 6.45) is 11.0. The molecule has 2 aliphatic heterocycles. The predicted octanol–water partition coefficient (Wildman–Crippen LogP) is 9.16. The molecular weight excluding hydrogens is 689 g/mol. The monoisotopic (exact) mass is 718 g/mol. The van der Waals surface area contributed by atoms with Gasteiger partial charge in [0.15, 0.2) is 0 Å². The summed E-state index contributed by atoms with van der Waals surface area (Å²) in [6.45, 7) is 4.22. The summed E-state index contributed by atoms with van der Waals surface area (Å²) >= 11 is 0. The minimum absolute atomic E-state index is 0.257. The highest BCUT2D eigenvalue weighted by Crippen LogP contribution is 2.37. The number of terminal acetylenes is 2. The van der Waals surface area contributed by atoms with E-state index in [-0.39, 0.29) is 11.1 Å². The zero-order chi connectivity index (χ0) is 38.4. The first-order valence-corrected chi connectivity index (χ1v) is 17.3. The van der Waals surface area contributed by atoms with Gasteiger partial charge in [0.05, 0.1) is 33.6 Å². The van der Waals surface area contributed by atoms with Crippen LogP contribution in [0.25, 0.3) is 0 Å². The molecule has 0 aromatic heterocycles. The summed E-state index contributed by atoms with van der Waals surface area (Å²) in [7, 11) is 0. The number of nitrogens with zero attached hydrogens (tertiary/aromatic N) is 2. The minimum atomic E-state index is -0.442. The fraction of sp³-hybridized carbons (Fsp3) is 0.0638. The van der Waals surface area contributed by atoms with Crippen LogP contribution in [0.1, 0.15) is 77.5 Å². The second kappa shape index (κ2) is 13.4. The van der Waals surface area contributed by atoms with E-state index in [9.17, 15) is 19.2 Å². The molecule has 0 atom stereocenters. The molecule has 0 N–H and O–H groups in total. The van der Waals surface area contributed by atoms with Crippen molar-refractivity contribution in [2.75, 3.05) is 9.80 Å². The Labute approximate surface area is 317 Å². The van der Waals surface area contributed by atoms with Crippen molar-refractivity contribution in [2.45, 2.75) is 19.3 Å².